The van der Waals surface area contributed by atoms with Crippen molar-refractivity contribution >= 4 is 5.69 Å². The van der Waals surface area contributed by atoms with Crippen molar-refractivity contribution in [1.82, 2.24) is 4.90 Å². The summed E-state index contributed by atoms with van der Waals surface area (Å²) in [6, 6.07) is 3.43. The molecule has 124 valence electrons. The van der Waals surface area contributed by atoms with Gasteiger partial charge in [-0.15, -0.1) is 0 Å². The van der Waals surface area contributed by atoms with Gasteiger partial charge in [-0.3, -0.25) is 4.90 Å². The smallest absolute Gasteiger partial charge is 0.369 e. The van der Waals surface area contributed by atoms with Crippen LogP contribution in [0, 0.1) is 12.7 Å². The zero-order valence-electron chi connectivity index (χ0n) is 13.2. The van der Waals surface area contributed by atoms with Crippen LogP contribution in [0.2, 0.25) is 0 Å². The molecule has 22 heavy (non-hydrogen) atoms. The molecule has 1 fully saturated rings. The second-order valence-corrected chi connectivity index (χ2v) is 6.19. The van der Waals surface area contributed by atoms with Gasteiger partial charge in [0.25, 0.3) is 0 Å². The molecular weight excluding hydrogens is 296 g/mol. The van der Waals surface area contributed by atoms with E-state index in [1.165, 1.54) is 11.0 Å². The van der Waals surface area contributed by atoms with Gasteiger partial charge in [-0.1, -0.05) is 13.8 Å². The summed E-state index contributed by atoms with van der Waals surface area (Å²) in [6.07, 6.45) is -4.16. The molecule has 1 aromatic rings. The van der Waals surface area contributed by atoms with Crippen molar-refractivity contribution in [3.8, 4) is 0 Å². The quantitative estimate of drug-likeness (QED) is 0.779. The molecule has 0 atom stereocenters. The van der Waals surface area contributed by atoms with E-state index in [0.29, 0.717) is 31.7 Å². The SMILES string of the molecule is Cc1cc(N2CCN(CC(F)(F)F)CC2)cc(F)c1C(C)C. The van der Waals surface area contributed by atoms with E-state index in [4.69, 9.17) is 0 Å². The lowest BCUT2D eigenvalue weighted by molar-refractivity contribution is -0.146. The predicted molar refractivity (Wildman–Crippen MR) is 79.9 cm³/mol. The third-order valence-electron chi connectivity index (χ3n) is 4.04. The number of hydrogen-bond acceptors (Lipinski definition) is 2. The van der Waals surface area contributed by atoms with E-state index in [1.807, 2.05) is 31.7 Å². The van der Waals surface area contributed by atoms with Crippen LogP contribution in [0.5, 0.6) is 0 Å². The van der Waals surface area contributed by atoms with E-state index in [-0.39, 0.29) is 11.7 Å². The van der Waals surface area contributed by atoms with E-state index in [9.17, 15) is 17.6 Å². The predicted octanol–water partition coefficient (Wildman–Crippen LogP) is 3.94. The molecule has 1 heterocycles. The molecule has 6 heteroatoms. The summed E-state index contributed by atoms with van der Waals surface area (Å²) in [6.45, 7) is 6.54. The zero-order valence-corrected chi connectivity index (χ0v) is 13.2. The van der Waals surface area contributed by atoms with Crippen molar-refractivity contribution in [3.63, 3.8) is 0 Å². The second kappa shape index (κ2) is 6.44. The van der Waals surface area contributed by atoms with Gasteiger partial charge in [-0.25, -0.2) is 4.39 Å². The standard InChI is InChI=1S/C16H22F4N2/c1-11(2)15-12(3)8-13(9-14(15)17)22-6-4-21(5-7-22)10-16(18,19)20/h8-9,11H,4-7,10H2,1-3H3. The fourth-order valence-electron chi connectivity index (χ4n) is 3.07. The average Bonchev–Trinajstić information content (AvgIpc) is 2.36. The lowest BCUT2D eigenvalue weighted by Crippen LogP contribution is -2.49. The molecule has 0 saturated carbocycles. The fraction of sp³-hybridized carbons (Fsp3) is 0.625. The van der Waals surface area contributed by atoms with E-state index in [2.05, 4.69) is 0 Å². The minimum Gasteiger partial charge on any atom is -0.369 e. The van der Waals surface area contributed by atoms with Gasteiger partial charge in [0.05, 0.1) is 6.54 Å². The molecule has 2 nitrogen and oxygen atoms in total. The number of anilines is 1. The third-order valence-corrected chi connectivity index (χ3v) is 4.04. The molecule has 1 aliphatic heterocycles. The molecule has 0 bridgehead atoms. The number of hydrogen-bond donors (Lipinski definition) is 0. The van der Waals surface area contributed by atoms with Crippen LogP contribution in [-0.2, 0) is 0 Å². The third kappa shape index (κ3) is 4.12. The fourth-order valence-corrected chi connectivity index (χ4v) is 3.07. The van der Waals surface area contributed by atoms with E-state index in [1.54, 1.807) is 0 Å². The van der Waals surface area contributed by atoms with Crippen molar-refractivity contribution in [1.29, 1.82) is 0 Å². The van der Waals surface area contributed by atoms with Gasteiger partial charge in [0.1, 0.15) is 5.82 Å². The lowest BCUT2D eigenvalue weighted by Gasteiger charge is -2.36. The number of benzene rings is 1. The maximum atomic E-state index is 14.2. The van der Waals surface area contributed by atoms with Crippen LogP contribution in [0.25, 0.3) is 0 Å². The topological polar surface area (TPSA) is 6.48 Å². The monoisotopic (exact) mass is 318 g/mol. The minimum absolute atomic E-state index is 0.109. The second-order valence-electron chi connectivity index (χ2n) is 6.19. The summed E-state index contributed by atoms with van der Waals surface area (Å²) in [5.41, 5.74) is 2.35. The van der Waals surface area contributed by atoms with Gasteiger partial charge in [-0.2, -0.15) is 13.2 Å². The number of alkyl halides is 3. The minimum atomic E-state index is -4.16. The Morgan fingerprint density at radius 1 is 1.09 bits per heavy atom. The Morgan fingerprint density at radius 2 is 1.68 bits per heavy atom. The number of rotatable bonds is 3. The van der Waals surface area contributed by atoms with Gasteiger partial charge in [-0.05, 0) is 36.1 Å². The Labute approximate surface area is 128 Å². The maximum absolute atomic E-state index is 14.2. The average molecular weight is 318 g/mol. The van der Waals surface area contributed by atoms with E-state index < -0.39 is 12.7 Å². The number of halogens is 4. The van der Waals surface area contributed by atoms with Crippen LogP contribution in [-0.4, -0.2) is 43.8 Å². The number of aryl methyl sites for hydroxylation is 1. The molecule has 1 aromatic carbocycles. The largest absolute Gasteiger partial charge is 0.401 e. The van der Waals surface area contributed by atoms with E-state index in [0.717, 1.165) is 11.3 Å². The van der Waals surface area contributed by atoms with Gasteiger partial charge in [0.15, 0.2) is 0 Å². The summed E-state index contributed by atoms with van der Waals surface area (Å²) >= 11 is 0. The highest BCUT2D eigenvalue weighted by atomic mass is 19.4. The first-order valence-corrected chi connectivity index (χ1v) is 7.51. The van der Waals surface area contributed by atoms with Crippen LogP contribution < -0.4 is 4.90 Å². The molecule has 0 N–H and O–H groups in total. The first-order valence-electron chi connectivity index (χ1n) is 7.51. The van der Waals surface area contributed by atoms with Crippen LogP contribution in [0.3, 0.4) is 0 Å². The molecule has 0 aliphatic carbocycles. The van der Waals surface area contributed by atoms with Crippen molar-refractivity contribution in [2.45, 2.75) is 32.9 Å². The van der Waals surface area contributed by atoms with Crippen LogP contribution in [0.1, 0.15) is 30.9 Å². The summed E-state index contributed by atoms with van der Waals surface area (Å²) in [5, 5.41) is 0. The van der Waals surface area contributed by atoms with Gasteiger partial charge in [0.2, 0.25) is 0 Å². The molecule has 1 saturated heterocycles. The van der Waals surface area contributed by atoms with Gasteiger partial charge < -0.3 is 4.90 Å². The highest BCUT2D eigenvalue weighted by molar-refractivity contribution is 5.52. The summed E-state index contributed by atoms with van der Waals surface area (Å²) in [7, 11) is 0. The molecular formula is C16H22F4N2. The van der Waals surface area contributed by atoms with E-state index >= 15 is 0 Å². The molecule has 0 unspecified atom stereocenters. The van der Waals surface area contributed by atoms with Crippen LogP contribution in [0.15, 0.2) is 12.1 Å². The Hall–Kier alpha value is -1.30. The maximum Gasteiger partial charge on any atom is 0.401 e. The number of nitrogens with zero attached hydrogens (tertiary/aromatic N) is 2. The summed E-state index contributed by atoms with van der Waals surface area (Å²) in [5.74, 6) is -0.125. The summed E-state index contributed by atoms with van der Waals surface area (Å²) < 4.78 is 51.4. The van der Waals surface area contributed by atoms with Crippen molar-refractivity contribution in [3.05, 3.63) is 29.1 Å². The van der Waals surface area contributed by atoms with Crippen LogP contribution in [0.4, 0.5) is 23.2 Å². The molecule has 2 rings (SSSR count). The first kappa shape index (κ1) is 17.1. The molecule has 0 aromatic heterocycles. The molecule has 0 spiro atoms. The summed E-state index contributed by atoms with van der Waals surface area (Å²) in [4.78, 5) is 3.34. The molecule has 0 radical (unpaired) electrons. The van der Waals surface area contributed by atoms with Crippen molar-refractivity contribution in [2.75, 3.05) is 37.6 Å². The molecule has 1 aliphatic rings. The highest BCUT2D eigenvalue weighted by Crippen LogP contribution is 2.28. The lowest BCUT2D eigenvalue weighted by atomic mass is 9.96. The first-order chi connectivity index (χ1) is 10.2. The highest BCUT2D eigenvalue weighted by Gasteiger charge is 2.32. The Morgan fingerprint density at radius 3 is 2.14 bits per heavy atom. The van der Waals surface area contributed by atoms with Crippen LogP contribution >= 0.6 is 0 Å². The Kier molecular flexibility index (Phi) is 5.00. The van der Waals surface area contributed by atoms with Gasteiger partial charge >= 0.3 is 6.18 Å². The zero-order chi connectivity index (χ0) is 16.5. The van der Waals surface area contributed by atoms with Gasteiger partial charge in [0, 0.05) is 31.9 Å². The number of piperazine rings is 1. The Bertz CT molecular complexity index is 494. The Balaban J connectivity index is 2.06. The normalized spacial score (nSPS) is 17.4. The molecule has 0 amide bonds. The van der Waals surface area contributed by atoms with Crippen molar-refractivity contribution in [2.24, 2.45) is 0 Å². The van der Waals surface area contributed by atoms with Crippen molar-refractivity contribution < 1.29 is 17.6 Å².